The molecule has 3 aromatic rings. The molecule has 1 saturated heterocycles. The molecule has 3 aromatic heterocycles. The fraction of sp³-hybridized carbons (Fsp3) is 0.471. The van der Waals surface area contributed by atoms with Crippen LogP contribution < -0.4 is 9.80 Å². The van der Waals surface area contributed by atoms with Gasteiger partial charge in [0.1, 0.15) is 22.8 Å². The Labute approximate surface area is 144 Å². The molecule has 0 amide bonds. The Morgan fingerprint density at radius 2 is 2.08 bits per heavy atom. The highest BCUT2D eigenvalue weighted by Crippen LogP contribution is 2.39. The van der Waals surface area contributed by atoms with Gasteiger partial charge in [-0.1, -0.05) is 0 Å². The molecule has 0 bridgehead atoms. The first kappa shape index (κ1) is 15.5. The Morgan fingerprint density at radius 3 is 2.83 bits per heavy atom. The summed E-state index contributed by atoms with van der Waals surface area (Å²) < 4.78 is 1.04. The predicted octanol–water partition coefficient (Wildman–Crippen LogP) is 2.58. The monoisotopic (exact) mass is 343 g/mol. The summed E-state index contributed by atoms with van der Waals surface area (Å²) in [7, 11) is 1.94. The summed E-state index contributed by atoms with van der Waals surface area (Å²) in [5.41, 5.74) is 2.17. The molecule has 0 spiro atoms. The van der Waals surface area contributed by atoms with Crippen molar-refractivity contribution in [3.63, 3.8) is 0 Å². The Morgan fingerprint density at radius 1 is 1.29 bits per heavy atom. The van der Waals surface area contributed by atoms with Crippen molar-refractivity contribution in [3.8, 4) is 0 Å². The van der Waals surface area contributed by atoms with Gasteiger partial charge in [0.2, 0.25) is 0 Å². The largest absolute Gasteiger partial charge is 0.395 e. The van der Waals surface area contributed by atoms with Crippen molar-refractivity contribution in [1.82, 2.24) is 15.0 Å². The van der Waals surface area contributed by atoms with E-state index in [-0.39, 0.29) is 6.61 Å². The summed E-state index contributed by atoms with van der Waals surface area (Å²) in [5.74, 6) is 1.93. The minimum absolute atomic E-state index is 0.100. The first-order chi connectivity index (χ1) is 11.7. The lowest BCUT2D eigenvalue weighted by Gasteiger charge is -2.17. The maximum Gasteiger partial charge on any atom is 0.149 e. The van der Waals surface area contributed by atoms with E-state index < -0.39 is 0 Å². The lowest BCUT2D eigenvalue weighted by atomic mass is 10.2. The van der Waals surface area contributed by atoms with Crippen LogP contribution in [0.1, 0.15) is 18.4 Å². The van der Waals surface area contributed by atoms with E-state index in [1.54, 1.807) is 17.7 Å². The Kier molecular flexibility index (Phi) is 3.97. The summed E-state index contributed by atoms with van der Waals surface area (Å²) in [6, 6.07) is 2.18. The van der Waals surface area contributed by atoms with Gasteiger partial charge in [0, 0.05) is 32.1 Å². The molecule has 4 heterocycles. The average molecular weight is 343 g/mol. The lowest BCUT2D eigenvalue weighted by Crippen LogP contribution is -2.22. The molecule has 24 heavy (non-hydrogen) atoms. The molecule has 4 rings (SSSR count). The second-order valence-corrected chi connectivity index (χ2v) is 7.29. The van der Waals surface area contributed by atoms with E-state index >= 15 is 0 Å². The van der Waals surface area contributed by atoms with Crippen LogP contribution in [-0.4, -0.2) is 53.3 Å². The van der Waals surface area contributed by atoms with E-state index in [1.807, 2.05) is 11.9 Å². The number of aliphatic hydroxyl groups is 1. The van der Waals surface area contributed by atoms with Gasteiger partial charge in [-0.15, -0.1) is 11.3 Å². The number of nitrogens with zero attached hydrogens (tertiary/aromatic N) is 5. The highest BCUT2D eigenvalue weighted by Gasteiger charge is 2.20. The number of thiophene rings is 1. The van der Waals surface area contributed by atoms with Crippen LogP contribution in [0.25, 0.3) is 20.4 Å². The summed E-state index contributed by atoms with van der Waals surface area (Å²) in [6.07, 6.45) is 4.09. The zero-order chi connectivity index (χ0) is 16.7. The van der Waals surface area contributed by atoms with Crippen LogP contribution in [0.2, 0.25) is 0 Å². The summed E-state index contributed by atoms with van der Waals surface area (Å²) in [6.45, 7) is 4.96. The molecule has 0 atom stereocenters. The zero-order valence-corrected chi connectivity index (χ0v) is 14.8. The fourth-order valence-corrected chi connectivity index (χ4v) is 4.60. The molecular weight excluding hydrogens is 322 g/mol. The molecule has 0 radical (unpaired) electrons. The first-order valence-electron chi connectivity index (χ1n) is 8.31. The zero-order valence-electron chi connectivity index (χ0n) is 14.0. The first-order valence-corrected chi connectivity index (χ1v) is 9.12. The van der Waals surface area contributed by atoms with Crippen LogP contribution in [0.4, 0.5) is 11.6 Å². The highest BCUT2D eigenvalue weighted by atomic mass is 32.1. The molecule has 0 aromatic carbocycles. The van der Waals surface area contributed by atoms with E-state index in [9.17, 15) is 5.11 Å². The van der Waals surface area contributed by atoms with Crippen LogP contribution >= 0.6 is 11.3 Å². The smallest absolute Gasteiger partial charge is 0.149 e. The van der Waals surface area contributed by atoms with Crippen LogP contribution in [0.15, 0.2) is 12.4 Å². The van der Waals surface area contributed by atoms with Crippen LogP contribution in [-0.2, 0) is 0 Å². The topological polar surface area (TPSA) is 65.4 Å². The molecule has 7 heteroatoms. The van der Waals surface area contributed by atoms with Gasteiger partial charge in [0.15, 0.2) is 0 Å². The third-order valence-electron chi connectivity index (χ3n) is 4.62. The second kappa shape index (κ2) is 6.14. The van der Waals surface area contributed by atoms with E-state index in [0.717, 1.165) is 45.2 Å². The van der Waals surface area contributed by atoms with Gasteiger partial charge in [-0.3, -0.25) is 0 Å². The summed E-state index contributed by atoms with van der Waals surface area (Å²) in [4.78, 5) is 19.2. The number of hydrogen-bond acceptors (Lipinski definition) is 7. The Hall–Kier alpha value is -1.99. The van der Waals surface area contributed by atoms with Crippen molar-refractivity contribution in [2.75, 3.05) is 43.1 Å². The van der Waals surface area contributed by atoms with Gasteiger partial charge in [-0.2, -0.15) is 0 Å². The molecule has 1 N–H and O–H groups in total. The van der Waals surface area contributed by atoms with Gasteiger partial charge < -0.3 is 14.9 Å². The van der Waals surface area contributed by atoms with Gasteiger partial charge in [-0.05, 0) is 31.4 Å². The average Bonchev–Trinajstić information content (AvgIpc) is 3.22. The SMILES string of the molecule is Cc1cc(N2CCCC2)nc2sc3c(N(C)CCO)ncnc3c12. The van der Waals surface area contributed by atoms with E-state index in [4.69, 9.17) is 4.98 Å². The number of pyridine rings is 1. The molecular formula is C17H21N5OS. The van der Waals surface area contributed by atoms with Gasteiger partial charge in [-0.25, -0.2) is 15.0 Å². The Bertz CT molecular complexity index is 887. The molecule has 0 unspecified atom stereocenters. The maximum absolute atomic E-state index is 9.21. The van der Waals surface area contributed by atoms with E-state index in [2.05, 4.69) is 27.9 Å². The minimum Gasteiger partial charge on any atom is -0.395 e. The molecule has 1 aliphatic heterocycles. The summed E-state index contributed by atoms with van der Waals surface area (Å²) in [5, 5.41) is 10.3. The second-order valence-electron chi connectivity index (χ2n) is 6.29. The number of fused-ring (bicyclic) bond motifs is 3. The minimum atomic E-state index is 0.100. The van der Waals surface area contributed by atoms with Gasteiger partial charge in [0.05, 0.1) is 16.8 Å². The molecule has 1 aliphatic rings. The Balaban J connectivity index is 1.90. The number of rotatable bonds is 4. The standard InChI is InChI=1S/C17H21N5OS/c1-11-9-12(22-5-3-4-6-22)20-17-13(11)14-15(24-17)16(19-10-18-14)21(2)7-8-23/h9-10,23H,3-8H2,1-2H3. The fourth-order valence-electron chi connectivity index (χ4n) is 3.36. The quantitative estimate of drug-likeness (QED) is 0.785. The molecule has 1 fully saturated rings. The third-order valence-corrected chi connectivity index (χ3v) is 5.69. The summed E-state index contributed by atoms with van der Waals surface area (Å²) >= 11 is 1.64. The van der Waals surface area contributed by atoms with Crippen molar-refractivity contribution in [3.05, 3.63) is 18.0 Å². The molecule has 126 valence electrons. The number of aliphatic hydroxyl groups excluding tert-OH is 1. The van der Waals surface area contributed by atoms with Crippen molar-refractivity contribution < 1.29 is 5.11 Å². The number of likely N-dealkylation sites (N-methyl/N-ethyl adjacent to an activating group) is 1. The van der Waals surface area contributed by atoms with Gasteiger partial charge >= 0.3 is 0 Å². The van der Waals surface area contributed by atoms with Crippen molar-refractivity contribution in [2.45, 2.75) is 19.8 Å². The number of aromatic nitrogens is 3. The normalized spacial score (nSPS) is 14.9. The lowest BCUT2D eigenvalue weighted by molar-refractivity contribution is 0.304. The van der Waals surface area contributed by atoms with Crippen LogP contribution in [0, 0.1) is 6.92 Å². The number of hydrogen-bond donors (Lipinski definition) is 1. The molecule has 0 saturated carbocycles. The molecule has 6 nitrogen and oxygen atoms in total. The van der Waals surface area contributed by atoms with Crippen molar-refractivity contribution in [2.24, 2.45) is 0 Å². The van der Waals surface area contributed by atoms with Crippen LogP contribution in [0.5, 0.6) is 0 Å². The van der Waals surface area contributed by atoms with Crippen LogP contribution in [0.3, 0.4) is 0 Å². The number of aryl methyl sites for hydroxylation is 1. The maximum atomic E-state index is 9.21. The van der Waals surface area contributed by atoms with E-state index in [0.29, 0.717) is 6.54 Å². The van der Waals surface area contributed by atoms with Crippen molar-refractivity contribution in [1.29, 1.82) is 0 Å². The third kappa shape index (κ3) is 2.48. The van der Waals surface area contributed by atoms with E-state index in [1.165, 1.54) is 18.4 Å². The molecule has 0 aliphatic carbocycles. The predicted molar refractivity (Wildman–Crippen MR) is 99.3 cm³/mol. The number of anilines is 2. The van der Waals surface area contributed by atoms with Crippen molar-refractivity contribution >= 4 is 43.4 Å². The van der Waals surface area contributed by atoms with Gasteiger partial charge in [0.25, 0.3) is 0 Å². The highest BCUT2D eigenvalue weighted by molar-refractivity contribution is 7.26.